The van der Waals surface area contributed by atoms with Crippen LogP contribution in [0.15, 0.2) is 0 Å². The maximum atomic E-state index is 11.4. The van der Waals surface area contributed by atoms with Crippen molar-refractivity contribution in [3.8, 4) is 6.07 Å². The van der Waals surface area contributed by atoms with E-state index < -0.39 is 5.60 Å². The number of carbonyl (C=O) groups is 1. The van der Waals surface area contributed by atoms with Gasteiger partial charge in [-0.25, -0.2) is 4.79 Å². The molecule has 0 aromatic heterocycles. The van der Waals surface area contributed by atoms with Crippen LogP contribution in [0.1, 0.15) is 27.7 Å². The summed E-state index contributed by atoms with van der Waals surface area (Å²) in [5.41, 5.74) is -0.462. The zero-order chi connectivity index (χ0) is 13.1. The number of nitrogens with one attached hydrogen (secondary N) is 1. The van der Waals surface area contributed by atoms with Crippen LogP contribution in [0.2, 0.25) is 0 Å². The number of nitrogens with zero attached hydrogens (tertiary/aromatic N) is 2. The van der Waals surface area contributed by atoms with Gasteiger partial charge < -0.3 is 10.1 Å². The fourth-order valence-corrected chi connectivity index (χ4v) is 1.63. The fourth-order valence-electron chi connectivity index (χ4n) is 1.63. The fraction of sp³-hybridized carbons (Fsp3) is 0.833. The molecule has 1 N–H and O–H groups in total. The molecule has 0 bridgehead atoms. The number of ether oxygens (including phenoxy) is 1. The van der Waals surface area contributed by atoms with E-state index in [4.69, 9.17) is 10.00 Å². The molecule has 0 unspecified atom stereocenters. The topological polar surface area (TPSA) is 65.4 Å². The molecule has 0 saturated carbocycles. The van der Waals surface area contributed by atoms with E-state index in [1.165, 1.54) is 0 Å². The third-order valence-corrected chi connectivity index (χ3v) is 2.66. The summed E-state index contributed by atoms with van der Waals surface area (Å²) in [6.07, 6.45) is -0.387. The first-order valence-electron chi connectivity index (χ1n) is 5.92. The van der Waals surface area contributed by atoms with E-state index in [2.05, 4.69) is 16.3 Å². The zero-order valence-corrected chi connectivity index (χ0v) is 11.0. The molecule has 1 aliphatic rings. The number of hydrogen-bond donors (Lipinski definition) is 1. The molecule has 1 atom stereocenters. The van der Waals surface area contributed by atoms with Gasteiger partial charge in [-0.1, -0.05) is 0 Å². The summed E-state index contributed by atoms with van der Waals surface area (Å²) in [6.45, 7) is 9.69. The highest BCUT2D eigenvalue weighted by Crippen LogP contribution is 2.17. The molecule has 1 fully saturated rings. The minimum atomic E-state index is -0.462. The van der Waals surface area contributed by atoms with Gasteiger partial charge >= 0.3 is 6.09 Å². The highest BCUT2D eigenvalue weighted by atomic mass is 16.6. The number of rotatable bonds is 3. The molecule has 1 saturated heterocycles. The number of likely N-dealkylation sites (tertiary alicyclic amines) is 1. The average Bonchev–Trinajstić information content (AvgIpc) is 2.10. The Morgan fingerprint density at radius 1 is 1.59 bits per heavy atom. The highest BCUT2D eigenvalue weighted by Gasteiger charge is 2.30. The monoisotopic (exact) mass is 239 g/mol. The Balaban J connectivity index is 2.19. The third-order valence-electron chi connectivity index (χ3n) is 2.66. The Morgan fingerprint density at radius 2 is 2.18 bits per heavy atom. The Hall–Kier alpha value is -1.28. The predicted molar refractivity (Wildman–Crippen MR) is 64.4 cm³/mol. The molecule has 0 aromatic rings. The van der Waals surface area contributed by atoms with Crippen molar-refractivity contribution in [3.05, 3.63) is 0 Å². The first-order valence-corrected chi connectivity index (χ1v) is 5.92. The van der Waals surface area contributed by atoms with Crippen molar-refractivity contribution in [3.63, 3.8) is 0 Å². The standard InChI is InChI=1S/C12H21N3O2/c1-9(15-7-10(5-13)8-15)6-14-11(16)17-12(2,3)4/h9-10H,6-8H2,1-4H3,(H,14,16)/t9-/m1/s1. The van der Waals surface area contributed by atoms with Crippen molar-refractivity contribution in [2.45, 2.75) is 39.3 Å². The number of nitriles is 1. The van der Waals surface area contributed by atoms with Gasteiger partial charge in [-0.3, -0.25) is 4.90 Å². The Kier molecular flexibility index (Phi) is 4.35. The summed E-state index contributed by atoms with van der Waals surface area (Å²) in [6, 6.07) is 2.47. The van der Waals surface area contributed by atoms with Gasteiger partial charge in [0.2, 0.25) is 0 Å². The Labute approximate surface area is 103 Å². The van der Waals surface area contributed by atoms with Gasteiger partial charge in [-0.2, -0.15) is 5.26 Å². The molecule has 17 heavy (non-hydrogen) atoms. The summed E-state index contributed by atoms with van der Waals surface area (Å²) >= 11 is 0. The van der Waals surface area contributed by atoms with Crippen LogP contribution in [0.25, 0.3) is 0 Å². The van der Waals surface area contributed by atoms with Gasteiger partial charge in [0.05, 0.1) is 12.0 Å². The van der Waals surface area contributed by atoms with Crippen molar-refractivity contribution in [1.29, 1.82) is 5.26 Å². The van der Waals surface area contributed by atoms with Crippen molar-refractivity contribution in [2.75, 3.05) is 19.6 Å². The Bertz CT molecular complexity index is 311. The molecule has 0 aliphatic carbocycles. The maximum Gasteiger partial charge on any atom is 0.407 e. The second-order valence-corrected chi connectivity index (χ2v) is 5.51. The Morgan fingerprint density at radius 3 is 2.65 bits per heavy atom. The van der Waals surface area contributed by atoms with Crippen LogP contribution in [0.5, 0.6) is 0 Å². The van der Waals surface area contributed by atoms with Gasteiger partial charge in [0.25, 0.3) is 0 Å². The first kappa shape index (κ1) is 13.8. The van der Waals surface area contributed by atoms with E-state index >= 15 is 0 Å². The van der Waals surface area contributed by atoms with E-state index in [-0.39, 0.29) is 18.1 Å². The maximum absolute atomic E-state index is 11.4. The van der Waals surface area contributed by atoms with Crippen molar-refractivity contribution >= 4 is 6.09 Å². The van der Waals surface area contributed by atoms with Crippen LogP contribution < -0.4 is 5.32 Å². The number of alkyl carbamates (subject to hydrolysis) is 1. The average molecular weight is 239 g/mol. The molecule has 0 spiro atoms. The summed E-state index contributed by atoms with van der Waals surface area (Å²) in [5.74, 6) is 0.152. The largest absolute Gasteiger partial charge is 0.444 e. The number of hydrogen-bond acceptors (Lipinski definition) is 4. The summed E-state index contributed by atoms with van der Waals surface area (Å²) in [7, 11) is 0. The SMILES string of the molecule is C[C@H](CNC(=O)OC(C)(C)C)N1CC(C#N)C1. The molecule has 5 nitrogen and oxygen atoms in total. The lowest BCUT2D eigenvalue weighted by molar-refractivity contribution is 0.0468. The van der Waals surface area contributed by atoms with Crippen LogP contribution in [0.3, 0.4) is 0 Å². The highest BCUT2D eigenvalue weighted by molar-refractivity contribution is 5.67. The molecule has 96 valence electrons. The lowest BCUT2D eigenvalue weighted by atomic mass is 10.00. The van der Waals surface area contributed by atoms with Gasteiger partial charge in [0.1, 0.15) is 5.60 Å². The minimum absolute atomic E-state index is 0.152. The van der Waals surface area contributed by atoms with Gasteiger partial charge in [0.15, 0.2) is 0 Å². The molecule has 1 amide bonds. The van der Waals surface area contributed by atoms with Gasteiger partial charge in [-0.05, 0) is 27.7 Å². The number of amides is 1. The molecule has 0 radical (unpaired) electrons. The van der Waals surface area contributed by atoms with E-state index in [9.17, 15) is 4.79 Å². The zero-order valence-electron chi connectivity index (χ0n) is 11.0. The minimum Gasteiger partial charge on any atom is -0.444 e. The molecule has 1 aliphatic heterocycles. The predicted octanol–water partition coefficient (Wildman–Crippen LogP) is 1.35. The van der Waals surface area contributed by atoms with E-state index in [1.807, 2.05) is 27.7 Å². The molecule has 5 heteroatoms. The quantitative estimate of drug-likeness (QED) is 0.807. The summed E-state index contributed by atoms with van der Waals surface area (Å²) in [5, 5.41) is 11.4. The van der Waals surface area contributed by atoms with E-state index in [0.717, 1.165) is 13.1 Å². The molecular formula is C12H21N3O2. The lowest BCUT2D eigenvalue weighted by Gasteiger charge is -2.39. The molecule has 0 aromatic carbocycles. The van der Waals surface area contributed by atoms with Crippen LogP contribution in [-0.4, -0.2) is 42.3 Å². The number of carbonyl (C=O) groups excluding carboxylic acids is 1. The first-order chi connectivity index (χ1) is 7.81. The van der Waals surface area contributed by atoms with Crippen molar-refractivity contribution in [2.24, 2.45) is 5.92 Å². The summed E-state index contributed by atoms with van der Waals surface area (Å²) < 4.78 is 5.14. The smallest absolute Gasteiger partial charge is 0.407 e. The third kappa shape index (κ3) is 4.61. The van der Waals surface area contributed by atoms with Gasteiger partial charge in [0, 0.05) is 25.7 Å². The van der Waals surface area contributed by atoms with E-state index in [0.29, 0.717) is 6.54 Å². The molecule has 1 rings (SSSR count). The van der Waals surface area contributed by atoms with Crippen LogP contribution in [-0.2, 0) is 4.74 Å². The van der Waals surface area contributed by atoms with Gasteiger partial charge in [-0.15, -0.1) is 0 Å². The normalized spacial score (nSPS) is 19.0. The molecule has 1 heterocycles. The van der Waals surface area contributed by atoms with Crippen molar-refractivity contribution in [1.82, 2.24) is 10.2 Å². The summed E-state index contributed by atoms with van der Waals surface area (Å²) in [4.78, 5) is 13.6. The van der Waals surface area contributed by atoms with Crippen molar-refractivity contribution < 1.29 is 9.53 Å². The van der Waals surface area contributed by atoms with E-state index in [1.54, 1.807) is 0 Å². The molecular weight excluding hydrogens is 218 g/mol. The second kappa shape index (κ2) is 5.37. The lowest BCUT2D eigenvalue weighted by Crippen LogP contribution is -2.54. The van der Waals surface area contributed by atoms with Crippen LogP contribution in [0, 0.1) is 17.2 Å². The second-order valence-electron chi connectivity index (χ2n) is 5.51. The van der Waals surface area contributed by atoms with Crippen LogP contribution in [0.4, 0.5) is 4.79 Å². The van der Waals surface area contributed by atoms with Crippen LogP contribution >= 0.6 is 0 Å².